The largest absolute Gasteiger partial charge is 0.394 e. The van der Waals surface area contributed by atoms with Crippen molar-refractivity contribution in [3.05, 3.63) is 35.9 Å². The van der Waals surface area contributed by atoms with Crippen LogP contribution in [0.25, 0.3) is 10.9 Å². The van der Waals surface area contributed by atoms with E-state index in [2.05, 4.69) is 16.4 Å². The average Bonchev–Trinajstić information content (AvgIpc) is 2.37. The maximum atomic E-state index is 9.07. The van der Waals surface area contributed by atoms with E-state index >= 15 is 0 Å². The van der Waals surface area contributed by atoms with E-state index in [0.717, 1.165) is 10.9 Å². The van der Waals surface area contributed by atoms with Gasteiger partial charge >= 0.3 is 0 Å². The molecule has 2 N–H and O–H groups in total. The summed E-state index contributed by atoms with van der Waals surface area (Å²) in [5, 5.41) is 22.0. The molecule has 0 spiro atoms. The van der Waals surface area contributed by atoms with Gasteiger partial charge in [-0.15, -0.1) is 0 Å². The summed E-state index contributed by atoms with van der Waals surface area (Å²) in [4.78, 5) is 4.39. The van der Waals surface area contributed by atoms with E-state index in [1.54, 1.807) is 6.07 Å². The van der Waals surface area contributed by atoms with Crippen LogP contribution >= 0.6 is 0 Å². The van der Waals surface area contributed by atoms with Gasteiger partial charge < -0.3 is 10.4 Å². The minimum absolute atomic E-state index is 0.000620. The second kappa shape index (κ2) is 4.81. The Bertz CT molecular complexity index is 574. The number of aromatic nitrogens is 1. The first kappa shape index (κ1) is 11.4. The lowest BCUT2D eigenvalue weighted by Gasteiger charge is -2.13. The first-order valence-electron chi connectivity index (χ1n) is 5.42. The molecule has 0 aliphatic rings. The zero-order chi connectivity index (χ0) is 12.3. The second-order valence-corrected chi connectivity index (χ2v) is 3.92. The smallest absolute Gasteiger partial charge is 0.144 e. The SMILES string of the molecule is CC(CO)Nc1nc2ccccc2cc1C#N. The number of hydrogen-bond donors (Lipinski definition) is 2. The van der Waals surface area contributed by atoms with Gasteiger partial charge in [-0.1, -0.05) is 18.2 Å². The van der Waals surface area contributed by atoms with E-state index in [4.69, 9.17) is 10.4 Å². The Morgan fingerprint density at radius 3 is 2.94 bits per heavy atom. The van der Waals surface area contributed by atoms with Crippen LogP contribution in [0.15, 0.2) is 30.3 Å². The van der Waals surface area contributed by atoms with Gasteiger partial charge in [0.2, 0.25) is 0 Å². The Morgan fingerprint density at radius 2 is 2.24 bits per heavy atom. The summed E-state index contributed by atoms with van der Waals surface area (Å²) in [5.41, 5.74) is 1.32. The lowest BCUT2D eigenvalue weighted by molar-refractivity contribution is 0.281. The minimum Gasteiger partial charge on any atom is -0.394 e. The molecule has 1 unspecified atom stereocenters. The molecule has 0 fully saturated rings. The molecule has 0 radical (unpaired) electrons. The van der Waals surface area contributed by atoms with E-state index in [9.17, 15) is 0 Å². The highest BCUT2D eigenvalue weighted by Crippen LogP contribution is 2.20. The molecule has 0 aliphatic heterocycles. The van der Waals surface area contributed by atoms with Crippen molar-refractivity contribution in [1.29, 1.82) is 5.26 Å². The van der Waals surface area contributed by atoms with Crippen LogP contribution in [0.3, 0.4) is 0 Å². The van der Waals surface area contributed by atoms with Crippen LogP contribution in [0.4, 0.5) is 5.82 Å². The van der Waals surface area contributed by atoms with Crippen LogP contribution in [0.2, 0.25) is 0 Å². The van der Waals surface area contributed by atoms with Crippen LogP contribution in [0, 0.1) is 11.3 Å². The van der Waals surface area contributed by atoms with Crippen molar-refractivity contribution in [2.45, 2.75) is 13.0 Å². The normalized spacial score (nSPS) is 12.1. The minimum atomic E-state index is -0.129. The number of para-hydroxylation sites is 1. The second-order valence-electron chi connectivity index (χ2n) is 3.92. The number of aliphatic hydroxyl groups is 1. The molecule has 0 amide bonds. The van der Waals surface area contributed by atoms with Crippen LogP contribution in [-0.4, -0.2) is 22.7 Å². The summed E-state index contributed by atoms with van der Waals surface area (Å²) < 4.78 is 0. The molecule has 4 nitrogen and oxygen atoms in total. The molecule has 1 aromatic carbocycles. The number of nitriles is 1. The molecule has 1 heterocycles. The number of nitrogens with zero attached hydrogens (tertiary/aromatic N) is 2. The van der Waals surface area contributed by atoms with Gasteiger partial charge in [-0.2, -0.15) is 5.26 Å². The molecule has 2 rings (SSSR count). The van der Waals surface area contributed by atoms with Gasteiger partial charge in [0.1, 0.15) is 11.9 Å². The fourth-order valence-corrected chi connectivity index (χ4v) is 1.59. The highest BCUT2D eigenvalue weighted by molar-refractivity contribution is 5.82. The molecule has 0 bridgehead atoms. The Labute approximate surface area is 99.5 Å². The third-order valence-electron chi connectivity index (χ3n) is 2.50. The monoisotopic (exact) mass is 227 g/mol. The highest BCUT2D eigenvalue weighted by Gasteiger charge is 2.08. The number of benzene rings is 1. The van der Waals surface area contributed by atoms with E-state index in [-0.39, 0.29) is 12.6 Å². The average molecular weight is 227 g/mol. The summed E-state index contributed by atoms with van der Waals surface area (Å²) in [6.07, 6.45) is 0. The van der Waals surface area contributed by atoms with E-state index < -0.39 is 0 Å². The molecule has 0 saturated carbocycles. The van der Waals surface area contributed by atoms with Crippen molar-refractivity contribution in [1.82, 2.24) is 4.98 Å². The zero-order valence-corrected chi connectivity index (χ0v) is 9.51. The number of fused-ring (bicyclic) bond motifs is 1. The van der Waals surface area contributed by atoms with Crippen LogP contribution < -0.4 is 5.32 Å². The molecular weight excluding hydrogens is 214 g/mol. The molecule has 86 valence electrons. The third kappa shape index (κ3) is 2.35. The molecule has 0 aliphatic carbocycles. The quantitative estimate of drug-likeness (QED) is 0.840. The predicted molar refractivity (Wildman–Crippen MR) is 66.6 cm³/mol. The molecule has 1 atom stereocenters. The molecular formula is C13H13N3O. The summed E-state index contributed by atoms with van der Waals surface area (Å²) in [7, 11) is 0. The lowest BCUT2D eigenvalue weighted by Crippen LogP contribution is -2.20. The summed E-state index contributed by atoms with van der Waals surface area (Å²) in [6, 6.07) is 11.4. The van der Waals surface area contributed by atoms with E-state index in [1.165, 1.54) is 0 Å². The number of rotatable bonds is 3. The maximum absolute atomic E-state index is 9.07. The topological polar surface area (TPSA) is 68.9 Å². The number of pyridine rings is 1. The van der Waals surface area contributed by atoms with Crippen molar-refractivity contribution < 1.29 is 5.11 Å². The third-order valence-corrected chi connectivity index (χ3v) is 2.50. The van der Waals surface area contributed by atoms with Gasteiger partial charge in [-0.3, -0.25) is 0 Å². The zero-order valence-electron chi connectivity index (χ0n) is 9.51. The van der Waals surface area contributed by atoms with E-state index in [0.29, 0.717) is 11.4 Å². The summed E-state index contributed by atoms with van der Waals surface area (Å²) in [5.74, 6) is 0.521. The van der Waals surface area contributed by atoms with Crippen molar-refractivity contribution in [2.24, 2.45) is 0 Å². The Hall–Kier alpha value is -2.12. The molecule has 4 heteroatoms. The van der Waals surface area contributed by atoms with Crippen LogP contribution in [0.5, 0.6) is 0 Å². The van der Waals surface area contributed by atoms with Crippen molar-refractivity contribution in [3.63, 3.8) is 0 Å². The summed E-state index contributed by atoms with van der Waals surface area (Å²) in [6.45, 7) is 1.83. The Morgan fingerprint density at radius 1 is 1.47 bits per heavy atom. The van der Waals surface area contributed by atoms with Gasteiger partial charge in [0.25, 0.3) is 0 Å². The Kier molecular flexibility index (Phi) is 3.22. The van der Waals surface area contributed by atoms with Crippen LogP contribution in [0.1, 0.15) is 12.5 Å². The fraction of sp³-hybridized carbons (Fsp3) is 0.231. The number of hydrogen-bond acceptors (Lipinski definition) is 4. The number of aliphatic hydroxyl groups excluding tert-OH is 1. The molecule has 2 aromatic rings. The Balaban J connectivity index is 2.50. The number of anilines is 1. The molecule has 1 aromatic heterocycles. The first-order valence-corrected chi connectivity index (χ1v) is 5.42. The lowest BCUT2D eigenvalue weighted by atomic mass is 10.1. The molecule has 0 saturated heterocycles. The summed E-state index contributed by atoms with van der Waals surface area (Å²) >= 11 is 0. The first-order chi connectivity index (χ1) is 8.24. The van der Waals surface area contributed by atoms with Gasteiger partial charge in [-0.25, -0.2) is 4.98 Å². The van der Waals surface area contributed by atoms with Crippen LogP contribution in [-0.2, 0) is 0 Å². The van der Waals surface area contributed by atoms with E-state index in [1.807, 2.05) is 31.2 Å². The maximum Gasteiger partial charge on any atom is 0.144 e. The van der Waals surface area contributed by atoms with Gasteiger partial charge in [0, 0.05) is 11.4 Å². The van der Waals surface area contributed by atoms with Gasteiger partial charge in [-0.05, 0) is 19.1 Å². The predicted octanol–water partition coefficient (Wildman–Crippen LogP) is 1.90. The van der Waals surface area contributed by atoms with Crippen molar-refractivity contribution in [2.75, 3.05) is 11.9 Å². The fourth-order valence-electron chi connectivity index (χ4n) is 1.59. The highest BCUT2D eigenvalue weighted by atomic mass is 16.3. The standard InChI is InChI=1S/C13H13N3O/c1-9(8-17)15-13-11(7-14)6-10-4-2-3-5-12(10)16-13/h2-6,9,17H,8H2,1H3,(H,15,16). The van der Waals surface area contributed by atoms with Crippen molar-refractivity contribution >= 4 is 16.7 Å². The number of nitrogens with one attached hydrogen (secondary N) is 1. The van der Waals surface area contributed by atoms with Gasteiger partial charge in [0.15, 0.2) is 0 Å². The van der Waals surface area contributed by atoms with Gasteiger partial charge in [0.05, 0.1) is 17.7 Å². The van der Waals surface area contributed by atoms with Crippen molar-refractivity contribution in [3.8, 4) is 6.07 Å². The molecule has 17 heavy (non-hydrogen) atoms.